The first-order chi connectivity index (χ1) is 14.3. The number of benzene rings is 2. The zero-order chi connectivity index (χ0) is 19.6. The molecular weight excluding hydrogens is 360 g/mol. The Bertz CT molecular complexity index is 987. The average Bonchev–Trinajstić information content (AvgIpc) is 3.33. The number of nitrogens with one attached hydrogen (secondary N) is 1. The van der Waals surface area contributed by atoms with Crippen LogP contribution in [0.1, 0.15) is 49.0 Å². The zero-order valence-electron chi connectivity index (χ0n) is 16.8. The second kappa shape index (κ2) is 7.99. The van der Waals surface area contributed by atoms with E-state index in [1.807, 2.05) is 24.3 Å². The highest BCUT2D eigenvalue weighted by Crippen LogP contribution is 2.40. The van der Waals surface area contributed by atoms with Crippen molar-refractivity contribution in [1.29, 1.82) is 0 Å². The second-order valence-corrected chi connectivity index (χ2v) is 8.29. The van der Waals surface area contributed by atoms with Gasteiger partial charge in [-0.3, -0.25) is 9.69 Å². The number of aromatic nitrogens is 2. The Morgan fingerprint density at radius 3 is 2.52 bits per heavy atom. The molecule has 2 heterocycles. The lowest BCUT2D eigenvalue weighted by Gasteiger charge is -2.28. The van der Waals surface area contributed by atoms with Gasteiger partial charge in [0.15, 0.2) is 0 Å². The summed E-state index contributed by atoms with van der Waals surface area (Å²) < 4.78 is 2.12. The molecule has 2 fully saturated rings. The molecule has 1 saturated heterocycles. The molecule has 5 nitrogen and oxygen atoms in total. The van der Waals surface area contributed by atoms with E-state index in [2.05, 4.69) is 45.1 Å². The van der Waals surface area contributed by atoms with Crippen LogP contribution in [0.4, 0.5) is 0 Å². The maximum Gasteiger partial charge on any atom is 0.240 e. The third-order valence-corrected chi connectivity index (χ3v) is 6.19. The highest BCUT2D eigenvalue weighted by Gasteiger charge is 2.30. The third kappa shape index (κ3) is 3.92. The van der Waals surface area contributed by atoms with E-state index < -0.39 is 0 Å². The Labute approximate surface area is 171 Å². The Balaban J connectivity index is 1.31. The smallest absolute Gasteiger partial charge is 0.240 e. The van der Waals surface area contributed by atoms with Gasteiger partial charge in [-0.05, 0) is 56.5 Å². The number of carbonyl (C=O) groups excluding carboxylic acids is 1. The standard InChI is InChI=1S/C24H28N4O/c29-23(17-28-21-11-5-4-10-20(21)26-24(28)19-12-13-19)25-16-22(27-14-6-7-15-27)18-8-2-1-3-9-18/h1-5,8-11,19,22H,6-7,12-17H2,(H,25,29)/t22-/m0/s1. The number of amides is 1. The van der Waals surface area contributed by atoms with Crippen LogP contribution in [0.15, 0.2) is 54.6 Å². The van der Waals surface area contributed by atoms with Crippen molar-refractivity contribution in [2.24, 2.45) is 0 Å². The van der Waals surface area contributed by atoms with E-state index in [0.717, 1.165) is 29.9 Å². The Kier molecular flexibility index (Phi) is 5.06. The number of hydrogen-bond donors (Lipinski definition) is 1. The summed E-state index contributed by atoms with van der Waals surface area (Å²) in [6.07, 6.45) is 4.83. The van der Waals surface area contributed by atoms with Crippen LogP contribution >= 0.6 is 0 Å². The molecule has 1 saturated carbocycles. The number of nitrogens with zero attached hydrogens (tertiary/aromatic N) is 3. The van der Waals surface area contributed by atoms with Gasteiger partial charge in [0.05, 0.1) is 17.1 Å². The number of carbonyl (C=O) groups is 1. The molecule has 1 atom stereocenters. The summed E-state index contributed by atoms with van der Waals surface area (Å²) in [5, 5.41) is 3.22. The van der Waals surface area contributed by atoms with E-state index in [1.54, 1.807) is 0 Å². The number of fused-ring (bicyclic) bond motifs is 1. The van der Waals surface area contributed by atoms with E-state index >= 15 is 0 Å². The largest absolute Gasteiger partial charge is 0.353 e. The molecule has 2 aromatic carbocycles. The van der Waals surface area contributed by atoms with Crippen LogP contribution in [-0.2, 0) is 11.3 Å². The van der Waals surface area contributed by atoms with E-state index in [4.69, 9.17) is 4.98 Å². The highest BCUT2D eigenvalue weighted by atomic mass is 16.1. The van der Waals surface area contributed by atoms with E-state index in [9.17, 15) is 4.79 Å². The fourth-order valence-electron chi connectivity index (χ4n) is 4.51. The SMILES string of the molecule is O=C(Cn1c(C2CC2)nc2ccccc21)NC[C@@H](c1ccccc1)N1CCCC1. The van der Waals surface area contributed by atoms with Crippen molar-refractivity contribution in [3.8, 4) is 0 Å². The van der Waals surface area contributed by atoms with E-state index in [0.29, 0.717) is 19.0 Å². The molecule has 2 aliphatic rings. The topological polar surface area (TPSA) is 50.2 Å². The van der Waals surface area contributed by atoms with Gasteiger partial charge in [-0.1, -0.05) is 42.5 Å². The number of rotatable bonds is 7. The van der Waals surface area contributed by atoms with Gasteiger partial charge in [0.2, 0.25) is 5.91 Å². The van der Waals surface area contributed by atoms with Crippen molar-refractivity contribution in [2.45, 2.75) is 44.2 Å². The maximum atomic E-state index is 12.9. The monoisotopic (exact) mass is 388 g/mol. The van der Waals surface area contributed by atoms with Crippen LogP contribution in [-0.4, -0.2) is 40.0 Å². The maximum absolute atomic E-state index is 12.9. The minimum Gasteiger partial charge on any atom is -0.353 e. The molecule has 1 aromatic heterocycles. The lowest BCUT2D eigenvalue weighted by Crippen LogP contribution is -2.38. The van der Waals surface area contributed by atoms with Crippen LogP contribution in [0.25, 0.3) is 11.0 Å². The predicted octanol–water partition coefficient (Wildman–Crippen LogP) is 3.87. The zero-order valence-corrected chi connectivity index (χ0v) is 16.8. The predicted molar refractivity (Wildman–Crippen MR) is 115 cm³/mol. The Morgan fingerprint density at radius 1 is 1.03 bits per heavy atom. The fraction of sp³-hybridized carbons (Fsp3) is 0.417. The lowest BCUT2D eigenvalue weighted by molar-refractivity contribution is -0.121. The number of hydrogen-bond acceptors (Lipinski definition) is 3. The minimum atomic E-state index is 0.0650. The fourth-order valence-corrected chi connectivity index (χ4v) is 4.51. The van der Waals surface area contributed by atoms with Gasteiger partial charge < -0.3 is 9.88 Å². The first-order valence-electron chi connectivity index (χ1n) is 10.8. The van der Waals surface area contributed by atoms with Crippen molar-refractivity contribution in [2.75, 3.05) is 19.6 Å². The lowest BCUT2D eigenvalue weighted by atomic mass is 10.1. The molecular formula is C24H28N4O. The summed E-state index contributed by atoms with van der Waals surface area (Å²) in [6.45, 7) is 3.20. The molecule has 0 radical (unpaired) electrons. The average molecular weight is 389 g/mol. The van der Waals surface area contributed by atoms with Crippen LogP contribution in [0.3, 0.4) is 0 Å². The Hall–Kier alpha value is -2.66. The summed E-state index contributed by atoms with van der Waals surface area (Å²) in [6, 6.07) is 18.9. The van der Waals surface area contributed by atoms with Gasteiger partial charge in [0, 0.05) is 12.5 Å². The highest BCUT2D eigenvalue weighted by molar-refractivity contribution is 5.81. The summed E-state index contributed by atoms with van der Waals surface area (Å²) in [7, 11) is 0. The van der Waals surface area contributed by atoms with Gasteiger partial charge in [-0.25, -0.2) is 4.98 Å². The summed E-state index contributed by atoms with van der Waals surface area (Å²) in [4.78, 5) is 20.2. The number of para-hydroxylation sites is 2. The summed E-state index contributed by atoms with van der Waals surface area (Å²) in [5.74, 6) is 1.65. The molecule has 1 aliphatic carbocycles. The molecule has 0 unspecified atom stereocenters. The molecule has 1 amide bonds. The van der Waals surface area contributed by atoms with Gasteiger partial charge in [-0.2, -0.15) is 0 Å². The quantitative estimate of drug-likeness (QED) is 0.669. The third-order valence-electron chi connectivity index (χ3n) is 6.19. The van der Waals surface area contributed by atoms with Crippen LogP contribution in [0.2, 0.25) is 0 Å². The molecule has 5 heteroatoms. The molecule has 150 valence electrons. The first kappa shape index (κ1) is 18.4. The summed E-state index contributed by atoms with van der Waals surface area (Å²) >= 11 is 0. The molecule has 0 bridgehead atoms. The molecule has 0 spiro atoms. The van der Waals surface area contributed by atoms with Crippen LogP contribution in [0.5, 0.6) is 0 Å². The molecule has 5 rings (SSSR count). The normalized spacial score (nSPS) is 18.2. The molecule has 1 aliphatic heterocycles. The minimum absolute atomic E-state index is 0.0650. The van der Waals surface area contributed by atoms with E-state index in [-0.39, 0.29) is 11.9 Å². The molecule has 3 aromatic rings. The van der Waals surface area contributed by atoms with Crippen molar-refractivity contribution in [3.05, 3.63) is 66.0 Å². The van der Waals surface area contributed by atoms with Crippen molar-refractivity contribution in [1.82, 2.24) is 19.8 Å². The number of likely N-dealkylation sites (tertiary alicyclic amines) is 1. The van der Waals surface area contributed by atoms with E-state index in [1.165, 1.54) is 31.2 Å². The van der Waals surface area contributed by atoms with Crippen LogP contribution < -0.4 is 5.32 Å². The first-order valence-corrected chi connectivity index (χ1v) is 10.8. The van der Waals surface area contributed by atoms with Crippen molar-refractivity contribution in [3.63, 3.8) is 0 Å². The van der Waals surface area contributed by atoms with Gasteiger partial charge >= 0.3 is 0 Å². The van der Waals surface area contributed by atoms with Gasteiger partial charge in [0.1, 0.15) is 12.4 Å². The van der Waals surface area contributed by atoms with Crippen molar-refractivity contribution >= 4 is 16.9 Å². The van der Waals surface area contributed by atoms with Crippen molar-refractivity contribution < 1.29 is 4.79 Å². The Morgan fingerprint density at radius 2 is 1.76 bits per heavy atom. The van der Waals surface area contributed by atoms with Gasteiger partial charge in [-0.15, -0.1) is 0 Å². The van der Waals surface area contributed by atoms with Gasteiger partial charge in [0.25, 0.3) is 0 Å². The second-order valence-electron chi connectivity index (χ2n) is 8.29. The number of imidazole rings is 1. The molecule has 29 heavy (non-hydrogen) atoms. The molecule has 1 N–H and O–H groups in total. The summed E-state index contributed by atoms with van der Waals surface area (Å²) in [5.41, 5.74) is 3.33. The van der Waals surface area contributed by atoms with Crippen LogP contribution in [0, 0.1) is 0 Å².